The van der Waals surface area contributed by atoms with E-state index in [2.05, 4.69) is 4.90 Å². The van der Waals surface area contributed by atoms with Crippen molar-refractivity contribution in [2.45, 2.75) is 6.92 Å². The van der Waals surface area contributed by atoms with Gasteiger partial charge in [-0.15, -0.1) is 0 Å². The summed E-state index contributed by atoms with van der Waals surface area (Å²) in [6.45, 7) is 4.92. The molecule has 1 fully saturated rings. The smallest absolute Gasteiger partial charge is 0.254 e. The predicted octanol–water partition coefficient (Wildman–Crippen LogP) is 0.466. The number of carbonyl (C=O) groups is 1. The van der Waals surface area contributed by atoms with Crippen molar-refractivity contribution in [3.05, 3.63) is 29.1 Å². The van der Waals surface area contributed by atoms with E-state index in [1.807, 2.05) is 0 Å². The number of nitrogens with zero attached hydrogens (tertiary/aromatic N) is 2. The van der Waals surface area contributed by atoms with E-state index >= 15 is 0 Å². The van der Waals surface area contributed by atoms with Gasteiger partial charge in [0.2, 0.25) is 0 Å². The summed E-state index contributed by atoms with van der Waals surface area (Å²) in [5, 5.41) is 8.88. The van der Waals surface area contributed by atoms with E-state index in [4.69, 9.17) is 10.8 Å². The first kappa shape index (κ1) is 14.7. The quantitative estimate of drug-likeness (QED) is 0.790. The Kier molecular flexibility index (Phi) is 4.57. The molecule has 1 aliphatic heterocycles. The molecule has 0 spiro atoms. The highest BCUT2D eigenvalue weighted by Gasteiger charge is 2.22. The highest BCUT2D eigenvalue weighted by molar-refractivity contribution is 5.95. The Hall–Kier alpha value is -1.66. The maximum absolute atomic E-state index is 13.6. The molecular weight excluding hydrogens is 261 g/mol. The number of amides is 1. The first-order valence-corrected chi connectivity index (χ1v) is 6.71. The normalized spacial score (nSPS) is 16.4. The SMILES string of the molecule is Cc1c(N)cc(C(=O)N2CCN(CCO)CC2)cc1F. The number of nitrogens with two attached hydrogens (primary N) is 1. The number of nitrogen functional groups attached to an aromatic ring is 1. The van der Waals surface area contributed by atoms with Crippen LogP contribution in [0.15, 0.2) is 12.1 Å². The summed E-state index contributed by atoms with van der Waals surface area (Å²) in [6, 6.07) is 2.77. The minimum atomic E-state index is -0.452. The summed E-state index contributed by atoms with van der Waals surface area (Å²) < 4.78 is 13.6. The van der Waals surface area contributed by atoms with Gasteiger partial charge < -0.3 is 15.7 Å². The fraction of sp³-hybridized carbons (Fsp3) is 0.500. The Morgan fingerprint density at radius 2 is 2.00 bits per heavy atom. The molecule has 0 saturated carbocycles. The molecule has 0 aromatic heterocycles. The lowest BCUT2D eigenvalue weighted by atomic mass is 10.1. The number of halogens is 1. The monoisotopic (exact) mass is 281 g/mol. The summed E-state index contributed by atoms with van der Waals surface area (Å²) in [6.07, 6.45) is 0. The second-order valence-corrected chi connectivity index (χ2v) is 5.03. The van der Waals surface area contributed by atoms with Crippen LogP contribution in [0.3, 0.4) is 0 Å². The van der Waals surface area contributed by atoms with Crippen LogP contribution in [0.4, 0.5) is 10.1 Å². The summed E-state index contributed by atoms with van der Waals surface area (Å²) >= 11 is 0. The molecule has 5 nitrogen and oxygen atoms in total. The van der Waals surface area contributed by atoms with E-state index in [0.29, 0.717) is 36.4 Å². The third kappa shape index (κ3) is 3.08. The Morgan fingerprint density at radius 1 is 1.35 bits per heavy atom. The third-order valence-electron chi connectivity index (χ3n) is 3.71. The van der Waals surface area contributed by atoms with E-state index in [-0.39, 0.29) is 12.5 Å². The van der Waals surface area contributed by atoms with Crippen molar-refractivity contribution in [3.8, 4) is 0 Å². The van der Waals surface area contributed by atoms with Crippen LogP contribution in [0.2, 0.25) is 0 Å². The molecule has 0 bridgehead atoms. The van der Waals surface area contributed by atoms with Crippen LogP contribution in [0.25, 0.3) is 0 Å². The van der Waals surface area contributed by atoms with Gasteiger partial charge in [-0.3, -0.25) is 9.69 Å². The van der Waals surface area contributed by atoms with Gasteiger partial charge in [0.05, 0.1) is 6.61 Å². The molecule has 3 N–H and O–H groups in total. The maximum Gasteiger partial charge on any atom is 0.254 e. The average Bonchev–Trinajstić information content (AvgIpc) is 2.44. The fourth-order valence-corrected chi connectivity index (χ4v) is 2.32. The van der Waals surface area contributed by atoms with E-state index in [9.17, 15) is 9.18 Å². The number of rotatable bonds is 3. The zero-order valence-electron chi connectivity index (χ0n) is 11.6. The molecule has 2 rings (SSSR count). The van der Waals surface area contributed by atoms with Crippen molar-refractivity contribution in [1.82, 2.24) is 9.80 Å². The summed E-state index contributed by atoms with van der Waals surface area (Å²) in [7, 11) is 0. The molecule has 1 aromatic rings. The maximum atomic E-state index is 13.6. The molecule has 6 heteroatoms. The van der Waals surface area contributed by atoms with Crippen LogP contribution >= 0.6 is 0 Å². The summed E-state index contributed by atoms with van der Waals surface area (Å²) in [5.74, 6) is -0.647. The zero-order chi connectivity index (χ0) is 14.7. The van der Waals surface area contributed by atoms with Gasteiger partial charge in [-0.25, -0.2) is 4.39 Å². The van der Waals surface area contributed by atoms with Crippen molar-refractivity contribution in [2.24, 2.45) is 0 Å². The molecule has 1 heterocycles. The Labute approximate surface area is 117 Å². The first-order valence-electron chi connectivity index (χ1n) is 6.71. The van der Waals surface area contributed by atoms with Crippen molar-refractivity contribution in [2.75, 3.05) is 45.1 Å². The molecule has 0 aliphatic carbocycles. The molecule has 20 heavy (non-hydrogen) atoms. The summed E-state index contributed by atoms with van der Waals surface area (Å²) in [4.78, 5) is 16.1. The zero-order valence-corrected chi connectivity index (χ0v) is 11.6. The van der Waals surface area contributed by atoms with Crippen LogP contribution < -0.4 is 5.73 Å². The van der Waals surface area contributed by atoms with Gasteiger partial charge in [0.25, 0.3) is 5.91 Å². The first-order chi connectivity index (χ1) is 9.52. The highest BCUT2D eigenvalue weighted by Crippen LogP contribution is 2.19. The lowest BCUT2D eigenvalue weighted by Gasteiger charge is -2.34. The van der Waals surface area contributed by atoms with Gasteiger partial charge in [-0.2, -0.15) is 0 Å². The van der Waals surface area contributed by atoms with Crippen LogP contribution in [0, 0.1) is 12.7 Å². The number of anilines is 1. The average molecular weight is 281 g/mol. The van der Waals surface area contributed by atoms with Gasteiger partial charge in [0.15, 0.2) is 0 Å². The Balaban J connectivity index is 2.06. The van der Waals surface area contributed by atoms with Crippen molar-refractivity contribution < 1.29 is 14.3 Å². The second kappa shape index (κ2) is 6.19. The van der Waals surface area contributed by atoms with Crippen LogP contribution in [0.5, 0.6) is 0 Å². The van der Waals surface area contributed by atoms with E-state index < -0.39 is 5.82 Å². The molecule has 1 aromatic carbocycles. The predicted molar refractivity (Wildman–Crippen MR) is 75.0 cm³/mol. The topological polar surface area (TPSA) is 69.8 Å². The molecule has 1 aliphatic rings. The summed E-state index contributed by atoms with van der Waals surface area (Å²) in [5.41, 5.74) is 6.66. The minimum Gasteiger partial charge on any atom is -0.398 e. The number of aliphatic hydroxyl groups is 1. The van der Waals surface area contributed by atoms with Gasteiger partial charge in [0.1, 0.15) is 5.82 Å². The molecule has 1 saturated heterocycles. The standard InChI is InChI=1S/C14H20FN3O2/c1-10-12(15)8-11(9-13(10)16)14(20)18-4-2-17(3-5-18)6-7-19/h8-9,19H,2-7,16H2,1H3. The van der Waals surface area contributed by atoms with Crippen LogP contribution in [-0.4, -0.2) is 60.1 Å². The minimum absolute atomic E-state index is 0.119. The van der Waals surface area contributed by atoms with Crippen LogP contribution in [-0.2, 0) is 0 Å². The van der Waals surface area contributed by atoms with Gasteiger partial charge >= 0.3 is 0 Å². The number of benzene rings is 1. The number of hydrogen-bond acceptors (Lipinski definition) is 4. The number of carbonyl (C=O) groups excluding carboxylic acids is 1. The fourth-order valence-electron chi connectivity index (χ4n) is 2.32. The Morgan fingerprint density at radius 3 is 2.55 bits per heavy atom. The molecule has 0 atom stereocenters. The second-order valence-electron chi connectivity index (χ2n) is 5.03. The number of β-amino-alcohol motifs (C(OH)–C–C–N with tert-alkyl or cyclic N) is 1. The van der Waals surface area contributed by atoms with E-state index in [1.165, 1.54) is 12.1 Å². The van der Waals surface area contributed by atoms with Gasteiger partial charge in [-0.05, 0) is 19.1 Å². The molecule has 110 valence electrons. The van der Waals surface area contributed by atoms with Crippen molar-refractivity contribution >= 4 is 11.6 Å². The van der Waals surface area contributed by atoms with E-state index in [0.717, 1.165) is 13.1 Å². The lowest BCUT2D eigenvalue weighted by Crippen LogP contribution is -2.49. The number of piperazine rings is 1. The van der Waals surface area contributed by atoms with Gasteiger partial charge in [0, 0.05) is 49.5 Å². The van der Waals surface area contributed by atoms with Crippen molar-refractivity contribution in [1.29, 1.82) is 0 Å². The molecule has 0 radical (unpaired) electrons. The van der Waals surface area contributed by atoms with E-state index in [1.54, 1.807) is 11.8 Å². The molecule has 1 amide bonds. The van der Waals surface area contributed by atoms with Crippen molar-refractivity contribution in [3.63, 3.8) is 0 Å². The lowest BCUT2D eigenvalue weighted by molar-refractivity contribution is 0.0614. The molecule has 0 unspecified atom stereocenters. The molecular formula is C14H20FN3O2. The van der Waals surface area contributed by atoms with Gasteiger partial charge in [-0.1, -0.05) is 0 Å². The Bertz CT molecular complexity index is 476. The highest BCUT2D eigenvalue weighted by atomic mass is 19.1. The largest absolute Gasteiger partial charge is 0.398 e. The van der Waals surface area contributed by atoms with Crippen LogP contribution in [0.1, 0.15) is 15.9 Å². The number of hydrogen-bond donors (Lipinski definition) is 2. The number of aliphatic hydroxyl groups excluding tert-OH is 1. The third-order valence-corrected chi connectivity index (χ3v) is 3.71.